The molecule has 0 amide bonds. The van der Waals surface area contributed by atoms with Crippen LogP contribution < -0.4 is 0 Å². The molecule has 3 radical (unpaired) electrons. The molecule has 0 bridgehead atoms. The van der Waals surface area contributed by atoms with E-state index >= 15 is 0 Å². The van der Waals surface area contributed by atoms with Gasteiger partial charge in [-0.05, 0) is 0 Å². The average Bonchev–Trinajstić information content (AvgIpc) is 0. The Balaban J connectivity index is 0. The summed E-state index contributed by atoms with van der Waals surface area (Å²) in [4.78, 5) is 0. The van der Waals surface area contributed by atoms with E-state index in [2.05, 4.69) is 0 Å². The van der Waals surface area contributed by atoms with E-state index in [-0.39, 0.29) is 85.6 Å². The molecule has 0 saturated carbocycles. The van der Waals surface area contributed by atoms with E-state index in [9.17, 15) is 0 Å². The van der Waals surface area contributed by atoms with Crippen molar-refractivity contribution >= 4 is 17.4 Å². The molecule has 0 aromatic carbocycles. The molecule has 5 heavy (non-hydrogen) atoms. The van der Waals surface area contributed by atoms with Gasteiger partial charge in [-0.25, -0.2) is 0 Å². The molecule has 0 aliphatic rings. The van der Waals surface area contributed by atoms with Gasteiger partial charge in [0.25, 0.3) is 0 Å². The maximum atomic E-state index is 0. The summed E-state index contributed by atoms with van der Waals surface area (Å²) < 4.78 is 0. The molecule has 0 rings (SSSR count). The van der Waals surface area contributed by atoms with E-state index in [0.717, 1.165) is 0 Å². The minimum atomic E-state index is 0. The zero-order valence-corrected chi connectivity index (χ0v) is 7.86. The fourth-order valence-corrected chi connectivity index (χ4v) is 0. The van der Waals surface area contributed by atoms with Gasteiger partial charge in [0.2, 0.25) is 0 Å². The second-order valence-electron chi connectivity index (χ2n) is 0. The molecule has 0 aromatic rings. The zero-order chi connectivity index (χ0) is 0. The first-order chi connectivity index (χ1) is 0. The quantitative estimate of drug-likeness (QED) is 0.510. The summed E-state index contributed by atoms with van der Waals surface area (Å²) >= 11 is 0. The van der Waals surface area contributed by atoms with Gasteiger partial charge in [-0.15, -0.1) is 0 Å². The van der Waals surface area contributed by atoms with Crippen LogP contribution in [-0.2, 0) is 68.3 Å². The van der Waals surface area contributed by atoms with Crippen LogP contribution in [0.5, 0.6) is 0 Å². The molecule has 0 atom stereocenters. The van der Waals surface area contributed by atoms with E-state index in [1.165, 1.54) is 0 Å². The average molecular weight is 246 g/mol. The summed E-state index contributed by atoms with van der Waals surface area (Å²) in [6.45, 7) is 0. The number of rotatable bonds is 0. The molecule has 0 unspecified atom stereocenters. The van der Waals surface area contributed by atoms with Gasteiger partial charge in [-0.3, -0.25) is 0 Å². The Bertz CT molecular complexity index is 9.61. The van der Waals surface area contributed by atoms with Crippen molar-refractivity contribution in [1.29, 1.82) is 0 Å². The molecule has 33 valence electrons. The van der Waals surface area contributed by atoms with Crippen molar-refractivity contribution < 1.29 is 68.3 Å². The molecule has 0 heterocycles. The van der Waals surface area contributed by atoms with Crippen LogP contribution in [-0.4, -0.2) is 17.4 Å². The molecule has 5 heteroatoms. The van der Waals surface area contributed by atoms with Crippen LogP contribution in [0, 0.1) is 0 Å². The Morgan fingerprint density at radius 2 is 0.800 bits per heavy atom. The van der Waals surface area contributed by atoms with Gasteiger partial charge >= 0.3 is 0 Å². The summed E-state index contributed by atoms with van der Waals surface area (Å²) in [5.74, 6) is 0. The Labute approximate surface area is 84.6 Å². The second kappa shape index (κ2) is 30.5. The summed E-state index contributed by atoms with van der Waals surface area (Å²) in [7, 11) is 0. The topological polar surface area (TPSA) is 0 Å². The van der Waals surface area contributed by atoms with Crippen LogP contribution in [0.4, 0.5) is 0 Å². The third-order valence-corrected chi connectivity index (χ3v) is 0. The van der Waals surface area contributed by atoms with E-state index in [0.29, 0.717) is 0 Å². The van der Waals surface area contributed by atoms with Gasteiger partial charge in [0.15, 0.2) is 0 Å². The third kappa shape index (κ3) is 20.6. The molecule has 0 aliphatic heterocycles. The maximum Gasteiger partial charge on any atom is 0 e. The van der Waals surface area contributed by atoms with Gasteiger partial charge in [0.1, 0.15) is 0 Å². The van der Waals surface area contributed by atoms with Gasteiger partial charge in [-0.1, -0.05) is 0 Å². The molecule has 0 aromatic heterocycles. The summed E-state index contributed by atoms with van der Waals surface area (Å²) in [5.41, 5.74) is 0. The van der Waals surface area contributed by atoms with Crippen molar-refractivity contribution in [3.05, 3.63) is 0 Å². The predicted octanol–water partition coefficient (Wildman–Crippen LogP) is -0.391. The van der Waals surface area contributed by atoms with Crippen molar-refractivity contribution in [3.8, 4) is 0 Å². The van der Waals surface area contributed by atoms with Crippen LogP contribution in [0.1, 0.15) is 0 Å². The van der Waals surface area contributed by atoms with Crippen LogP contribution in [0.25, 0.3) is 0 Å². The van der Waals surface area contributed by atoms with Crippen LogP contribution >= 0.6 is 0 Å². The van der Waals surface area contributed by atoms with Gasteiger partial charge in [-0.2, -0.15) is 0 Å². The van der Waals surface area contributed by atoms with Crippen molar-refractivity contribution in [2.75, 3.05) is 0 Å². The summed E-state index contributed by atoms with van der Waals surface area (Å²) in [6, 6.07) is 0. The minimum Gasteiger partial charge on any atom is 0 e. The summed E-state index contributed by atoms with van der Waals surface area (Å²) in [6.07, 6.45) is 0. The first-order valence-corrected chi connectivity index (χ1v) is 0. The third-order valence-electron chi connectivity index (χ3n) is 0. The van der Waals surface area contributed by atoms with Crippen molar-refractivity contribution in [2.45, 2.75) is 0 Å². The monoisotopic (exact) mass is 245 g/mol. The second-order valence-corrected chi connectivity index (χ2v) is 0. The van der Waals surface area contributed by atoms with Gasteiger partial charge in [0, 0.05) is 85.6 Å². The molecule has 0 fully saturated rings. The number of hydrogen-bond acceptors (Lipinski definition) is 0. The molecular formula is AlCr2FeNi. The molecule has 0 saturated heterocycles. The standard InChI is InChI=1S/Al.2Cr.Fe.Ni. The Hall–Kier alpha value is 2.61. The van der Waals surface area contributed by atoms with Crippen LogP contribution in [0.2, 0.25) is 0 Å². The van der Waals surface area contributed by atoms with Crippen molar-refractivity contribution in [2.24, 2.45) is 0 Å². The van der Waals surface area contributed by atoms with Crippen LogP contribution in [0.15, 0.2) is 0 Å². The predicted molar refractivity (Wildman–Crippen MR) is 5.75 cm³/mol. The first-order valence-electron chi connectivity index (χ1n) is 0. The molecule has 0 aliphatic carbocycles. The fraction of sp³-hybridized carbons (Fsp3) is 0. The van der Waals surface area contributed by atoms with Crippen molar-refractivity contribution in [3.63, 3.8) is 0 Å². The minimum absolute atomic E-state index is 0. The Morgan fingerprint density at radius 1 is 0.800 bits per heavy atom. The number of hydrogen-bond donors (Lipinski definition) is 0. The van der Waals surface area contributed by atoms with Gasteiger partial charge < -0.3 is 0 Å². The SMILES string of the molecule is [Al].[Cr].[Cr].[Fe].[Ni]. The molecular weight excluding hydrogens is 246 g/mol. The Kier molecular flexibility index (Phi) is 298. The normalized spacial score (nSPS) is 0. The maximum absolute atomic E-state index is 0. The van der Waals surface area contributed by atoms with E-state index in [1.54, 1.807) is 0 Å². The smallest absolute Gasteiger partial charge is 0 e. The van der Waals surface area contributed by atoms with Crippen LogP contribution in [0.3, 0.4) is 0 Å². The fourth-order valence-electron chi connectivity index (χ4n) is 0. The molecule has 0 spiro atoms. The van der Waals surface area contributed by atoms with Crippen molar-refractivity contribution in [1.82, 2.24) is 0 Å². The summed E-state index contributed by atoms with van der Waals surface area (Å²) in [5, 5.41) is 0. The van der Waals surface area contributed by atoms with E-state index < -0.39 is 0 Å². The zero-order valence-electron chi connectivity index (χ0n) is 2.06. The van der Waals surface area contributed by atoms with E-state index in [1.807, 2.05) is 0 Å². The largest absolute Gasteiger partial charge is 0 e. The van der Waals surface area contributed by atoms with E-state index in [4.69, 9.17) is 0 Å². The molecule has 0 nitrogen and oxygen atoms in total. The molecule has 0 N–H and O–H groups in total. The first kappa shape index (κ1) is 48.8. The Morgan fingerprint density at radius 3 is 0.800 bits per heavy atom. The van der Waals surface area contributed by atoms with Gasteiger partial charge in [0.05, 0.1) is 0 Å².